The lowest BCUT2D eigenvalue weighted by Crippen LogP contribution is -2.27. The number of hydrogen-bond acceptors (Lipinski definition) is 4. The Kier molecular flexibility index (Phi) is 7.18. The first-order chi connectivity index (χ1) is 15.4. The van der Waals surface area contributed by atoms with Crippen LogP contribution in [0.15, 0.2) is 80.6 Å². The van der Waals surface area contributed by atoms with Crippen LogP contribution in [-0.4, -0.2) is 16.0 Å². The maximum atomic E-state index is 12.9. The van der Waals surface area contributed by atoms with Crippen LogP contribution in [0.1, 0.15) is 22.3 Å². The first-order valence-corrected chi connectivity index (χ1v) is 12.3. The molecule has 4 rings (SSSR count). The van der Waals surface area contributed by atoms with Crippen molar-refractivity contribution in [1.82, 2.24) is 4.90 Å². The molecule has 4 nitrogen and oxygen atoms in total. The Bertz CT molecular complexity index is 1190. The Morgan fingerprint density at radius 3 is 2.31 bits per heavy atom. The SMILES string of the molecule is Cc1cccc(CN2C(=O)S/C(=C\c3cc(Br)c(OCc4ccccc4)c(Br)c3)C2=O)c1. The van der Waals surface area contributed by atoms with Gasteiger partial charge in [0, 0.05) is 0 Å². The largest absolute Gasteiger partial charge is 0.487 e. The highest BCUT2D eigenvalue weighted by molar-refractivity contribution is 9.11. The number of rotatable bonds is 6. The summed E-state index contributed by atoms with van der Waals surface area (Å²) in [6.07, 6.45) is 1.73. The number of nitrogens with zero attached hydrogens (tertiary/aromatic N) is 1. The van der Waals surface area contributed by atoms with Crippen LogP contribution in [0.3, 0.4) is 0 Å². The van der Waals surface area contributed by atoms with Gasteiger partial charge in [-0.1, -0.05) is 60.2 Å². The van der Waals surface area contributed by atoms with E-state index in [0.717, 1.165) is 43.0 Å². The highest BCUT2D eigenvalue weighted by Gasteiger charge is 2.35. The normalized spacial score (nSPS) is 15.0. The number of carbonyl (C=O) groups is 2. The maximum Gasteiger partial charge on any atom is 0.293 e. The molecule has 0 aliphatic carbocycles. The fourth-order valence-electron chi connectivity index (χ4n) is 3.31. The van der Waals surface area contributed by atoms with Gasteiger partial charge in [-0.3, -0.25) is 14.5 Å². The summed E-state index contributed by atoms with van der Waals surface area (Å²) in [4.78, 5) is 27.0. The second kappa shape index (κ2) is 10.1. The van der Waals surface area contributed by atoms with Gasteiger partial charge in [0.1, 0.15) is 12.4 Å². The maximum absolute atomic E-state index is 12.9. The molecule has 0 radical (unpaired) electrons. The highest BCUT2D eigenvalue weighted by Crippen LogP contribution is 2.38. The Labute approximate surface area is 207 Å². The average molecular weight is 573 g/mol. The Morgan fingerprint density at radius 1 is 0.938 bits per heavy atom. The van der Waals surface area contributed by atoms with Crippen molar-refractivity contribution in [2.75, 3.05) is 0 Å². The fourth-order valence-corrected chi connectivity index (χ4v) is 5.60. The van der Waals surface area contributed by atoms with Gasteiger partial charge in [-0.2, -0.15) is 0 Å². The summed E-state index contributed by atoms with van der Waals surface area (Å²) in [5.74, 6) is 0.400. The molecule has 2 amide bonds. The molecule has 0 N–H and O–H groups in total. The molecule has 0 bridgehead atoms. The molecular weight excluding hydrogens is 554 g/mol. The number of benzene rings is 3. The van der Waals surface area contributed by atoms with E-state index in [4.69, 9.17) is 4.74 Å². The van der Waals surface area contributed by atoms with Crippen LogP contribution in [0.5, 0.6) is 5.75 Å². The second-order valence-electron chi connectivity index (χ2n) is 7.34. The second-order valence-corrected chi connectivity index (χ2v) is 10.0. The molecule has 0 atom stereocenters. The fraction of sp³-hybridized carbons (Fsp3) is 0.120. The van der Waals surface area contributed by atoms with Gasteiger partial charge in [0.25, 0.3) is 11.1 Å². The zero-order valence-electron chi connectivity index (χ0n) is 17.2. The average Bonchev–Trinajstić information content (AvgIpc) is 3.01. The van der Waals surface area contributed by atoms with Crippen molar-refractivity contribution >= 4 is 60.8 Å². The van der Waals surface area contributed by atoms with Crippen molar-refractivity contribution in [2.24, 2.45) is 0 Å². The summed E-state index contributed by atoms with van der Waals surface area (Å²) >= 11 is 8.08. The number of carbonyl (C=O) groups excluding carboxylic acids is 2. The molecule has 1 heterocycles. The first kappa shape index (κ1) is 22.8. The third kappa shape index (κ3) is 5.34. The van der Waals surface area contributed by atoms with E-state index in [-0.39, 0.29) is 17.7 Å². The minimum atomic E-state index is -0.279. The molecule has 0 saturated carbocycles. The molecule has 0 unspecified atom stereocenters. The van der Waals surface area contributed by atoms with Crippen LogP contribution in [0, 0.1) is 6.92 Å². The lowest BCUT2D eigenvalue weighted by Gasteiger charge is -2.13. The molecule has 3 aromatic rings. The van der Waals surface area contributed by atoms with Gasteiger partial charge in [-0.25, -0.2) is 0 Å². The monoisotopic (exact) mass is 571 g/mol. The van der Waals surface area contributed by atoms with Gasteiger partial charge >= 0.3 is 0 Å². The topological polar surface area (TPSA) is 46.6 Å². The Balaban J connectivity index is 1.50. The lowest BCUT2D eigenvalue weighted by atomic mass is 10.1. The van der Waals surface area contributed by atoms with Crippen LogP contribution in [0.25, 0.3) is 6.08 Å². The van der Waals surface area contributed by atoms with E-state index in [1.54, 1.807) is 6.08 Å². The van der Waals surface area contributed by atoms with Crippen molar-refractivity contribution in [3.63, 3.8) is 0 Å². The van der Waals surface area contributed by atoms with E-state index in [9.17, 15) is 9.59 Å². The lowest BCUT2D eigenvalue weighted by molar-refractivity contribution is -0.123. The number of halogens is 2. The van der Waals surface area contributed by atoms with Crippen LogP contribution < -0.4 is 4.74 Å². The minimum Gasteiger partial charge on any atom is -0.487 e. The van der Waals surface area contributed by atoms with Crippen LogP contribution in [0.4, 0.5) is 4.79 Å². The van der Waals surface area contributed by atoms with E-state index < -0.39 is 0 Å². The zero-order chi connectivity index (χ0) is 22.7. The third-order valence-electron chi connectivity index (χ3n) is 4.84. The van der Waals surface area contributed by atoms with Gasteiger partial charge < -0.3 is 4.74 Å². The van der Waals surface area contributed by atoms with E-state index in [1.165, 1.54) is 4.90 Å². The molecule has 7 heteroatoms. The number of aryl methyl sites for hydroxylation is 1. The summed E-state index contributed by atoms with van der Waals surface area (Å²) in [5.41, 5.74) is 3.88. The van der Waals surface area contributed by atoms with Gasteiger partial charge in [-0.15, -0.1) is 0 Å². The van der Waals surface area contributed by atoms with Crippen molar-refractivity contribution < 1.29 is 14.3 Å². The van der Waals surface area contributed by atoms with Gasteiger partial charge in [0.05, 0.1) is 20.4 Å². The van der Waals surface area contributed by atoms with Crippen molar-refractivity contribution in [2.45, 2.75) is 20.1 Å². The molecule has 162 valence electrons. The summed E-state index contributed by atoms with van der Waals surface area (Å²) in [6.45, 7) is 2.69. The summed E-state index contributed by atoms with van der Waals surface area (Å²) < 4.78 is 7.48. The molecule has 1 aliphatic heterocycles. The van der Waals surface area contributed by atoms with E-state index in [2.05, 4.69) is 31.9 Å². The summed E-state index contributed by atoms with van der Waals surface area (Å²) in [6, 6.07) is 21.5. The van der Waals surface area contributed by atoms with Crippen LogP contribution in [0.2, 0.25) is 0 Å². The van der Waals surface area contributed by atoms with Crippen molar-refractivity contribution in [3.05, 3.63) is 103 Å². The third-order valence-corrected chi connectivity index (χ3v) is 6.93. The Hall–Kier alpha value is -2.35. The number of amides is 2. The Morgan fingerprint density at radius 2 is 1.62 bits per heavy atom. The number of hydrogen-bond donors (Lipinski definition) is 0. The molecule has 32 heavy (non-hydrogen) atoms. The van der Waals surface area contributed by atoms with Crippen molar-refractivity contribution in [1.29, 1.82) is 0 Å². The van der Waals surface area contributed by atoms with E-state index >= 15 is 0 Å². The minimum absolute atomic E-state index is 0.260. The number of imide groups is 1. The molecule has 0 spiro atoms. The van der Waals surface area contributed by atoms with Gasteiger partial charge in [0.15, 0.2) is 0 Å². The van der Waals surface area contributed by atoms with E-state index in [0.29, 0.717) is 17.3 Å². The molecule has 1 aliphatic rings. The molecule has 1 fully saturated rings. The number of ether oxygens (including phenoxy) is 1. The predicted molar refractivity (Wildman–Crippen MR) is 135 cm³/mol. The zero-order valence-corrected chi connectivity index (χ0v) is 21.2. The smallest absolute Gasteiger partial charge is 0.293 e. The van der Waals surface area contributed by atoms with Crippen LogP contribution >= 0.6 is 43.6 Å². The quantitative estimate of drug-likeness (QED) is 0.290. The van der Waals surface area contributed by atoms with Crippen LogP contribution in [-0.2, 0) is 17.9 Å². The predicted octanol–water partition coefficient (Wildman–Crippen LogP) is 7.34. The molecule has 3 aromatic carbocycles. The number of thioether (sulfide) groups is 1. The van der Waals surface area contributed by atoms with Gasteiger partial charge in [0.2, 0.25) is 0 Å². The molecular formula is C25H19Br2NO3S. The van der Waals surface area contributed by atoms with Gasteiger partial charge in [-0.05, 0) is 85.4 Å². The standard InChI is InChI=1S/C25H19Br2NO3S/c1-16-6-5-9-18(10-16)14-28-24(29)22(32-25(28)30)13-19-11-20(26)23(21(27)12-19)31-15-17-7-3-2-4-8-17/h2-13H,14-15H2,1H3/b22-13-. The van der Waals surface area contributed by atoms with Crippen molar-refractivity contribution in [3.8, 4) is 5.75 Å². The highest BCUT2D eigenvalue weighted by atomic mass is 79.9. The molecule has 0 aromatic heterocycles. The summed E-state index contributed by atoms with van der Waals surface area (Å²) in [7, 11) is 0. The molecule has 1 saturated heterocycles. The van der Waals surface area contributed by atoms with E-state index in [1.807, 2.05) is 73.7 Å². The first-order valence-electron chi connectivity index (χ1n) is 9.87. The summed E-state index contributed by atoms with van der Waals surface area (Å²) in [5, 5.41) is -0.260.